The number of hydrogen-bond donors (Lipinski definition) is 0. The van der Waals surface area contributed by atoms with Gasteiger partial charge in [-0.05, 0) is 38.3 Å². The number of carbonyl (C=O) groups excluding carboxylic acids is 1. The van der Waals surface area contributed by atoms with Gasteiger partial charge in [-0.15, -0.1) is 0 Å². The Bertz CT molecular complexity index is 738. The molecule has 0 N–H and O–H groups in total. The van der Waals surface area contributed by atoms with E-state index < -0.39 is 16.1 Å². The number of ether oxygens (including phenoxy) is 1. The number of rotatable bonds is 10. The van der Waals surface area contributed by atoms with Crippen LogP contribution in [0.1, 0.15) is 51.0 Å². The van der Waals surface area contributed by atoms with Crippen LogP contribution in [0, 0.1) is 6.92 Å². The zero-order chi connectivity index (χ0) is 19.2. The quantitative estimate of drug-likeness (QED) is 0.580. The Morgan fingerprint density at radius 3 is 2.42 bits per heavy atom. The smallest absolute Gasteiger partial charge is 0.264 e. The van der Waals surface area contributed by atoms with Gasteiger partial charge in [0.2, 0.25) is 0 Å². The highest BCUT2D eigenvalue weighted by atomic mass is 32.2. The van der Waals surface area contributed by atoms with Crippen molar-refractivity contribution in [3.63, 3.8) is 0 Å². The van der Waals surface area contributed by atoms with Crippen molar-refractivity contribution in [1.82, 2.24) is 4.31 Å². The summed E-state index contributed by atoms with van der Waals surface area (Å²) in [6.07, 6.45) is 6.60. The largest absolute Gasteiger partial charge is 0.385 e. The number of benzene rings is 1. The lowest BCUT2D eigenvalue weighted by atomic mass is 10.1. The van der Waals surface area contributed by atoms with E-state index in [1.54, 1.807) is 31.4 Å². The van der Waals surface area contributed by atoms with Gasteiger partial charge in [0, 0.05) is 25.5 Å². The van der Waals surface area contributed by atoms with Crippen LogP contribution in [0.5, 0.6) is 0 Å². The molecule has 1 aliphatic rings. The van der Waals surface area contributed by atoms with E-state index >= 15 is 0 Å². The summed E-state index contributed by atoms with van der Waals surface area (Å²) in [5.41, 5.74) is 1.60. The Morgan fingerprint density at radius 1 is 1.12 bits per heavy atom. The van der Waals surface area contributed by atoms with Crippen molar-refractivity contribution in [2.24, 2.45) is 0 Å². The summed E-state index contributed by atoms with van der Waals surface area (Å²) in [7, 11) is -2.22. The fourth-order valence-electron chi connectivity index (χ4n) is 3.19. The zero-order valence-electron chi connectivity index (χ0n) is 15.9. The van der Waals surface area contributed by atoms with E-state index in [2.05, 4.69) is 6.92 Å². The summed E-state index contributed by atoms with van der Waals surface area (Å²) < 4.78 is 32.9. The number of nitrogens with zero attached hydrogens (tertiary/aromatic N) is 1. The molecule has 0 bridgehead atoms. The second-order valence-corrected chi connectivity index (χ2v) is 8.57. The molecular weight excluding hydrogens is 350 g/mol. The SMILES string of the molecule is CCCCCCC1=CC(=O)C(CCOC)N1S(=O)(=O)c1ccc(C)cc1. The first-order valence-electron chi connectivity index (χ1n) is 9.26. The Hall–Kier alpha value is -1.66. The predicted octanol–water partition coefficient (Wildman–Crippen LogP) is 3.83. The highest BCUT2D eigenvalue weighted by Gasteiger charge is 2.40. The average molecular weight is 380 g/mol. The summed E-state index contributed by atoms with van der Waals surface area (Å²) in [4.78, 5) is 12.7. The van der Waals surface area contributed by atoms with Gasteiger partial charge >= 0.3 is 0 Å². The lowest BCUT2D eigenvalue weighted by molar-refractivity contribution is -0.117. The maximum atomic E-state index is 13.3. The number of unbranched alkanes of at least 4 members (excludes halogenated alkanes) is 3. The molecule has 0 aliphatic carbocycles. The Kier molecular flexibility index (Phi) is 7.41. The van der Waals surface area contributed by atoms with Crippen molar-refractivity contribution in [3.8, 4) is 0 Å². The van der Waals surface area contributed by atoms with Gasteiger partial charge in [0.15, 0.2) is 5.78 Å². The number of sulfonamides is 1. The van der Waals surface area contributed by atoms with E-state index in [4.69, 9.17) is 4.74 Å². The number of methoxy groups -OCH3 is 1. The van der Waals surface area contributed by atoms with Crippen LogP contribution in [0.25, 0.3) is 0 Å². The molecule has 0 spiro atoms. The van der Waals surface area contributed by atoms with Gasteiger partial charge in [-0.2, -0.15) is 0 Å². The Labute approximate surface area is 157 Å². The number of carbonyl (C=O) groups is 1. The minimum atomic E-state index is -3.77. The van der Waals surface area contributed by atoms with Crippen LogP contribution in [0.2, 0.25) is 0 Å². The molecule has 144 valence electrons. The van der Waals surface area contributed by atoms with Gasteiger partial charge in [0.25, 0.3) is 10.0 Å². The standard InChI is InChI=1S/C20H29NO4S/c1-4-5-6-7-8-17-15-20(22)19(13-14-25-3)21(17)26(23,24)18-11-9-16(2)10-12-18/h9-12,15,19H,4-8,13-14H2,1-3H3. The van der Waals surface area contributed by atoms with Crippen LogP contribution >= 0.6 is 0 Å². The molecule has 5 nitrogen and oxygen atoms in total. The monoisotopic (exact) mass is 379 g/mol. The van der Waals surface area contributed by atoms with Gasteiger partial charge in [-0.3, -0.25) is 9.10 Å². The second kappa shape index (κ2) is 9.33. The Balaban J connectivity index is 2.30. The number of allylic oxidation sites excluding steroid dienone is 1. The lowest BCUT2D eigenvalue weighted by Gasteiger charge is -2.28. The fourth-order valence-corrected chi connectivity index (χ4v) is 4.89. The maximum Gasteiger partial charge on any atom is 0.264 e. The van der Waals surface area contributed by atoms with Crippen molar-refractivity contribution in [3.05, 3.63) is 41.6 Å². The van der Waals surface area contributed by atoms with E-state index in [1.807, 2.05) is 6.92 Å². The first-order chi connectivity index (χ1) is 12.4. The lowest BCUT2D eigenvalue weighted by Crippen LogP contribution is -2.39. The minimum absolute atomic E-state index is 0.150. The summed E-state index contributed by atoms with van der Waals surface area (Å²) in [6, 6.07) is 6.06. The van der Waals surface area contributed by atoms with Gasteiger partial charge in [0.1, 0.15) is 6.04 Å². The van der Waals surface area contributed by atoms with E-state index in [-0.39, 0.29) is 10.7 Å². The summed E-state index contributed by atoms with van der Waals surface area (Å²) >= 11 is 0. The third-order valence-corrected chi connectivity index (χ3v) is 6.54. The third-order valence-electron chi connectivity index (χ3n) is 4.66. The van der Waals surface area contributed by atoms with Gasteiger partial charge in [-0.25, -0.2) is 8.42 Å². The molecule has 1 atom stereocenters. The molecule has 0 saturated carbocycles. The molecule has 6 heteroatoms. The summed E-state index contributed by atoms with van der Waals surface area (Å²) in [6.45, 7) is 4.39. The highest BCUT2D eigenvalue weighted by molar-refractivity contribution is 7.89. The number of ketones is 1. The summed E-state index contributed by atoms with van der Waals surface area (Å²) in [5, 5.41) is 0. The molecule has 1 aromatic carbocycles. The molecule has 0 amide bonds. The molecule has 26 heavy (non-hydrogen) atoms. The molecule has 0 radical (unpaired) electrons. The number of aryl methyl sites for hydroxylation is 1. The van der Waals surface area contributed by atoms with E-state index in [9.17, 15) is 13.2 Å². The summed E-state index contributed by atoms with van der Waals surface area (Å²) in [5.74, 6) is -0.150. The molecule has 0 saturated heterocycles. The number of hydrogen-bond acceptors (Lipinski definition) is 4. The normalized spacial score (nSPS) is 17.7. The van der Waals surface area contributed by atoms with Crippen molar-refractivity contribution < 1.29 is 17.9 Å². The van der Waals surface area contributed by atoms with Crippen molar-refractivity contribution in [2.75, 3.05) is 13.7 Å². The van der Waals surface area contributed by atoms with E-state index in [0.29, 0.717) is 25.1 Å². The molecule has 2 rings (SSSR count). The molecule has 0 aromatic heterocycles. The Morgan fingerprint density at radius 2 is 1.81 bits per heavy atom. The highest BCUT2D eigenvalue weighted by Crippen LogP contribution is 2.32. The molecule has 1 aliphatic heterocycles. The van der Waals surface area contributed by atoms with Crippen LogP contribution in [-0.2, 0) is 19.6 Å². The van der Waals surface area contributed by atoms with Crippen molar-refractivity contribution in [2.45, 2.75) is 63.3 Å². The molecule has 0 fully saturated rings. The topological polar surface area (TPSA) is 63.7 Å². The fraction of sp³-hybridized carbons (Fsp3) is 0.550. The molecular formula is C20H29NO4S. The predicted molar refractivity (Wildman–Crippen MR) is 102 cm³/mol. The van der Waals surface area contributed by atoms with Crippen LogP contribution in [-0.4, -0.2) is 38.3 Å². The second-order valence-electron chi connectivity index (χ2n) is 6.76. The van der Waals surface area contributed by atoms with Crippen LogP contribution in [0.4, 0.5) is 0 Å². The maximum absolute atomic E-state index is 13.3. The molecule has 1 aromatic rings. The van der Waals surface area contributed by atoms with Crippen LogP contribution in [0.15, 0.2) is 40.9 Å². The minimum Gasteiger partial charge on any atom is -0.385 e. The zero-order valence-corrected chi connectivity index (χ0v) is 16.7. The first-order valence-corrected chi connectivity index (χ1v) is 10.7. The first kappa shape index (κ1) is 20.6. The van der Waals surface area contributed by atoms with Crippen LogP contribution in [0.3, 0.4) is 0 Å². The van der Waals surface area contributed by atoms with Gasteiger partial charge < -0.3 is 4.74 Å². The van der Waals surface area contributed by atoms with Crippen molar-refractivity contribution in [1.29, 1.82) is 0 Å². The molecule has 1 unspecified atom stereocenters. The average Bonchev–Trinajstić information content (AvgIpc) is 2.93. The van der Waals surface area contributed by atoms with Crippen molar-refractivity contribution >= 4 is 15.8 Å². The van der Waals surface area contributed by atoms with Crippen LogP contribution < -0.4 is 0 Å². The van der Waals surface area contributed by atoms with E-state index in [1.165, 1.54) is 10.4 Å². The molecule has 1 heterocycles. The van der Waals surface area contributed by atoms with Gasteiger partial charge in [-0.1, -0.05) is 43.9 Å². The van der Waals surface area contributed by atoms with Gasteiger partial charge in [0.05, 0.1) is 4.90 Å². The third kappa shape index (κ3) is 4.74. The van der Waals surface area contributed by atoms with E-state index in [0.717, 1.165) is 31.2 Å².